The largest absolute Gasteiger partial charge is 0.379 e. The number of ether oxygens (including phenoxy) is 1. The van der Waals surface area contributed by atoms with Crippen molar-refractivity contribution in [2.75, 3.05) is 32.8 Å². The third-order valence-corrected chi connectivity index (χ3v) is 6.64. The van der Waals surface area contributed by atoms with Gasteiger partial charge in [0.15, 0.2) is 5.03 Å². The fourth-order valence-electron chi connectivity index (χ4n) is 3.68. The molecule has 124 valence electrons. The highest BCUT2D eigenvalue weighted by atomic mass is 32.2. The molecule has 3 heterocycles. The summed E-state index contributed by atoms with van der Waals surface area (Å²) in [5.74, 6) is 0.249. The third kappa shape index (κ3) is 2.47. The first-order chi connectivity index (χ1) is 10.5. The summed E-state index contributed by atoms with van der Waals surface area (Å²) in [5.41, 5.74) is 0. The van der Waals surface area contributed by atoms with Crippen molar-refractivity contribution in [3.05, 3.63) is 12.5 Å². The molecule has 1 aromatic heterocycles. The Morgan fingerprint density at radius 3 is 2.68 bits per heavy atom. The quantitative estimate of drug-likeness (QED) is 0.770. The summed E-state index contributed by atoms with van der Waals surface area (Å²) in [6.07, 6.45) is 3.08. The number of imidazole rings is 1. The molecule has 0 N–H and O–H groups in total. The van der Waals surface area contributed by atoms with E-state index in [9.17, 15) is 8.42 Å². The van der Waals surface area contributed by atoms with Crippen LogP contribution in [0.1, 0.15) is 13.8 Å². The number of likely N-dealkylation sites (N-methyl/N-ethyl adjacent to an activating group) is 1. The lowest BCUT2D eigenvalue weighted by Gasteiger charge is -2.29. The molecule has 8 heteroatoms. The van der Waals surface area contributed by atoms with Crippen molar-refractivity contribution in [2.45, 2.75) is 31.0 Å². The van der Waals surface area contributed by atoms with Crippen LogP contribution in [0.15, 0.2) is 17.6 Å². The maximum atomic E-state index is 12.9. The molecular formula is C14H24N4O3S. The smallest absolute Gasteiger partial charge is 0.262 e. The summed E-state index contributed by atoms with van der Waals surface area (Å²) in [4.78, 5) is 6.37. The number of nitrogens with zero attached hydrogens (tertiary/aromatic N) is 4. The molecule has 0 aliphatic carbocycles. The SMILES string of the molecule is CCN(CC)[C@H]1CN(S(=O)(=O)c2cn(C)cn2)[C@H]2COC[C@@H]12. The molecule has 0 saturated carbocycles. The van der Waals surface area contributed by atoms with Crippen molar-refractivity contribution in [1.82, 2.24) is 18.8 Å². The Morgan fingerprint density at radius 2 is 2.09 bits per heavy atom. The van der Waals surface area contributed by atoms with Crippen LogP contribution in [0.5, 0.6) is 0 Å². The van der Waals surface area contributed by atoms with E-state index in [4.69, 9.17) is 4.74 Å². The Labute approximate surface area is 131 Å². The standard InChI is InChI=1S/C14H24N4O3S/c1-4-17(5-2)12-6-18(13-9-21-8-11(12)13)22(19,20)14-7-16(3)10-15-14/h7,10-13H,4-6,8-9H2,1-3H3/t11-,12-,13-/m0/s1. The summed E-state index contributed by atoms with van der Waals surface area (Å²) in [5, 5.41) is 0.126. The summed E-state index contributed by atoms with van der Waals surface area (Å²) in [7, 11) is -1.79. The van der Waals surface area contributed by atoms with Gasteiger partial charge in [-0.25, -0.2) is 13.4 Å². The van der Waals surface area contributed by atoms with Crippen molar-refractivity contribution in [3.63, 3.8) is 0 Å². The molecule has 3 rings (SSSR count). The fraction of sp³-hybridized carbons (Fsp3) is 0.786. The number of hydrogen-bond acceptors (Lipinski definition) is 5. The minimum absolute atomic E-state index is 0.0717. The highest BCUT2D eigenvalue weighted by Gasteiger charge is 2.51. The van der Waals surface area contributed by atoms with Gasteiger partial charge >= 0.3 is 0 Å². The van der Waals surface area contributed by atoms with Gasteiger partial charge in [0.1, 0.15) is 0 Å². The summed E-state index contributed by atoms with van der Waals surface area (Å²) >= 11 is 0. The first-order valence-electron chi connectivity index (χ1n) is 7.80. The van der Waals surface area contributed by atoms with Gasteiger partial charge in [0.25, 0.3) is 10.0 Å². The van der Waals surface area contributed by atoms with E-state index in [2.05, 4.69) is 23.7 Å². The monoisotopic (exact) mass is 328 g/mol. The Kier molecular flexibility index (Phi) is 4.28. The van der Waals surface area contributed by atoms with Gasteiger partial charge in [0, 0.05) is 31.7 Å². The van der Waals surface area contributed by atoms with Crippen LogP contribution >= 0.6 is 0 Å². The first-order valence-corrected chi connectivity index (χ1v) is 9.24. The van der Waals surface area contributed by atoms with Gasteiger partial charge in [-0.15, -0.1) is 0 Å². The predicted octanol–water partition coefficient (Wildman–Crippen LogP) is 0.150. The lowest BCUT2D eigenvalue weighted by Crippen LogP contribution is -2.42. The average Bonchev–Trinajstić information content (AvgIpc) is 3.17. The van der Waals surface area contributed by atoms with Crippen LogP contribution in [0, 0.1) is 5.92 Å². The van der Waals surface area contributed by atoms with Crippen molar-refractivity contribution in [1.29, 1.82) is 0 Å². The Balaban J connectivity index is 1.91. The van der Waals surface area contributed by atoms with Gasteiger partial charge < -0.3 is 9.30 Å². The summed E-state index contributed by atoms with van der Waals surface area (Å²) < 4.78 is 34.7. The van der Waals surface area contributed by atoms with E-state index in [1.807, 2.05) is 0 Å². The number of hydrogen-bond donors (Lipinski definition) is 0. The van der Waals surface area contributed by atoms with Crippen molar-refractivity contribution in [2.24, 2.45) is 13.0 Å². The van der Waals surface area contributed by atoms with Crippen LogP contribution in [0.2, 0.25) is 0 Å². The second-order valence-electron chi connectivity index (χ2n) is 6.01. The molecule has 0 radical (unpaired) electrons. The van der Waals surface area contributed by atoms with Crippen molar-refractivity contribution < 1.29 is 13.2 Å². The van der Waals surface area contributed by atoms with Crippen LogP contribution in [-0.2, 0) is 21.8 Å². The van der Waals surface area contributed by atoms with Gasteiger partial charge in [-0.05, 0) is 13.1 Å². The normalized spacial score (nSPS) is 29.4. The van der Waals surface area contributed by atoms with Gasteiger partial charge in [0.2, 0.25) is 0 Å². The minimum Gasteiger partial charge on any atom is -0.379 e. The van der Waals surface area contributed by atoms with E-state index in [1.165, 1.54) is 6.33 Å². The topological polar surface area (TPSA) is 67.7 Å². The molecule has 0 aromatic carbocycles. The highest BCUT2D eigenvalue weighted by Crippen LogP contribution is 2.36. The zero-order valence-corrected chi connectivity index (χ0v) is 14.2. The second-order valence-corrected chi connectivity index (χ2v) is 7.85. The molecule has 3 atom stereocenters. The van der Waals surface area contributed by atoms with Gasteiger partial charge in [-0.2, -0.15) is 4.31 Å². The minimum atomic E-state index is -3.56. The molecule has 0 spiro atoms. The molecule has 1 aromatic rings. The van der Waals surface area contributed by atoms with Crippen LogP contribution in [0.25, 0.3) is 0 Å². The Hall–Kier alpha value is -0.960. The molecule has 22 heavy (non-hydrogen) atoms. The maximum absolute atomic E-state index is 12.9. The zero-order chi connectivity index (χ0) is 15.9. The lowest BCUT2D eigenvalue weighted by atomic mass is 9.98. The zero-order valence-electron chi connectivity index (χ0n) is 13.3. The molecule has 0 amide bonds. The van der Waals surface area contributed by atoms with Gasteiger partial charge in [-0.3, -0.25) is 4.90 Å². The molecule has 0 unspecified atom stereocenters. The first kappa shape index (κ1) is 15.9. The summed E-state index contributed by atoms with van der Waals surface area (Å²) in [6.45, 7) is 7.71. The van der Waals surface area contributed by atoms with Gasteiger partial charge in [-0.1, -0.05) is 13.8 Å². The van der Waals surface area contributed by atoms with E-state index in [0.29, 0.717) is 19.8 Å². The molecule has 2 fully saturated rings. The molecule has 2 saturated heterocycles. The van der Waals surface area contributed by atoms with E-state index in [1.54, 1.807) is 22.1 Å². The molecular weight excluding hydrogens is 304 g/mol. The number of fused-ring (bicyclic) bond motifs is 1. The second kappa shape index (κ2) is 5.92. The van der Waals surface area contributed by atoms with E-state index in [0.717, 1.165) is 13.1 Å². The van der Waals surface area contributed by atoms with Gasteiger partial charge in [0.05, 0.1) is 25.6 Å². The highest BCUT2D eigenvalue weighted by molar-refractivity contribution is 7.89. The number of rotatable bonds is 5. The predicted molar refractivity (Wildman–Crippen MR) is 81.9 cm³/mol. The van der Waals surface area contributed by atoms with Crippen LogP contribution in [0.4, 0.5) is 0 Å². The van der Waals surface area contributed by atoms with E-state index >= 15 is 0 Å². The van der Waals surface area contributed by atoms with Crippen LogP contribution < -0.4 is 0 Å². The van der Waals surface area contributed by atoms with Crippen molar-refractivity contribution in [3.8, 4) is 0 Å². The van der Waals surface area contributed by atoms with E-state index in [-0.39, 0.29) is 23.0 Å². The molecule has 0 bridgehead atoms. The molecule has 2 aliphatic rings. The third-order valence-electron chi connectivity index (χ3n) is 4.86. The van der Waals surface area contributed by atoms with Crippen LogP contribution in [0.3, 0.4) is 0 Å². The Morgan fingerprint density at radius 1 is 1.36 bits per heavy atom. The van der Waals surface area contributed by atoms with E-state index < -0.39 is 10.0 Å². The number of sulfonamides is 1. The fourth-order valence-corrected chi connectivity index (χ4v) is 5.32. The number of aromatic nitrogens is 2. The Bertz CT molecular complexity index is 626. The van der Waals surface area contributed by atoms with Crippen LogP contribution in [-0.4, -0.2) is 72.1 Å². The number of aryl methyl sites for hydroxylation is 1. The maximum Gasteiger partial charge on any atom is 0.262 e. The lowest BCUT2D eigenvalue weighted by molar-refractivity contribution is 0.127. The molecule has 2 aliphatic heterocycles. The summed E-state index contributed by atoms with van der Waals surface area (Å²) in [6, 6.07) is 0.151. The molecule has 7 nitrogen and oxygen atoms in total. The average molecular weight is 328 g/mol. The van der Waals surface area contributed by atoms with Crippen molar-refractivity contribution >= 4 is 10.0 Å².